The van der Waals surface area contributed by atoms with Gasteiger partial charge in [-0.2, -0.15) is 4.31 Å². The average molecular weight is 424 g/mol. The van der Waals surface area contributed by atoms with Gasteiger partial charge in [-0.15, -0.1) is 0 Å². The second-order valence-corrected chi connectivity index (χ2v) is 8.82. The van der Waals surface area contributed by atoms with E-state index in [9.17, 15) is 23.3 Å². The Balaban J connectivity index is 1.69. The van der Waals surface area contributed by atoms with E-state index in [-0.39, 0.29) is 23.0 Å². The second kappa shape index (κ2) is 8.26. The smallest absolute Gasteiger partial charge is 0.269 e. The molecular weight excluding hydrogens is 406 g/mol. The number of sulfonamides is 1. The van der Waals surface area contributed by atoms with Crippen molar-refractivity contribution in [3.8, 4) is 0 Å². The fraction of sp³-hybridized carbons (Fsp3) is 0.278. The number of anilines is 1. The van der Waals surface area contributed by atoms with Crippen molar-refractivity contribution >= 4 is 38.9 Å². The Morgan fingerprint density at radius 2 is 1.79 bits per heavy atom. The van der Waals surface area contributed by atoms with Crippen molar-refractivity contribution in [2.75, 3.05) is 18.4 Å². The van der Waals surface area contributed by atoms with E-state index in [2.05, 4.69) is 5.32 Å². The number of hydrogen-bond donors (Lipinski definition) is 1. The number of nitro benzene ring substituents is 1. The van der Waals surface area contributed by atoms with Crippen LogP contribution in [-0.2, 0) is 14.8 Å². The van der Waals surface area contributed by atoms with Crippen LogP contribution in [0.1, 0.15) is 12.8 Å². The van der Waals surface area contributed by atoms with Crippen LogP contribution < -0.4 is 5.32 Å². The minimum absolute atomic E-state index is 0.0732. The summed E-state index contributed by atoms with van der Waals surface area (Å²) < 4.78 is 26.9. The lowest BCUT2D eigenvalue weighted by Gasteiger charge is -2.31. The summed E-state index contributed by atoms with van der Waals surface area (Å²) in [4.78, 5) is 22.9. The van der Waals surface area contributed by atoms with Gasteiger partial charge in [0.25, 0.3) is 5.69 Å². The Labute approximate surface area is 167 Å². The predicted molar refractivity (Wildman–Crippen MR) is 105 cm³/mol. The van der Waals surface area contributed by atoms with Gasteiger partial charge in [0, 0.05) is 35.9 Å². The second-order valence-electron chi connectivity index (χ2n) is 6.45. The molecule has 3 rings (SSSR count). The van der Waals surface area contributed by atoms with Crippen molar-refractivity contribution < 1.29 is 18.1 Å². The van der Waals surface area contributed by atoms with E-state index in [1.165, 1.54) is 52.8 Å². The number of nitrogens with zero attached hydrogens (tertiary/aromatic N) is 2. The molecule has 1 unspecified atom stereocenters. The number of nitrogens with one attached hydrogen (secondary N) is 1. The first-order valence-corrected chi connectivity index (χ1v) is 10.4. The number of carbonyl (C=O) groups is 1. The lowest BCUT2D eigenvalue weighted by Crippen LogP contribution is -2.43. The maximum Gasteiger partial charge on any atom is 0.269 e. The summed E-state index contributed by atoms with van der Waals surface area (Å²) in [6, 6.07) is 11.4. The van der Waals surface area contributed by atoms with Crippen molar-refractivity contribution in [3.63, 3.8) is 0 Å². The van der Waals surface area contributed by atoms with E-state index in [1.54, 1.807) is 0 Å². The summed E-state index contributed by atoms with van der Waals surface area (Å²) in [6.07, 6.45) is 1.12. The van der Waals surface area contributed by atoms with Gasteiger partial charge in [-0.1, -0.05) is 11.6 Å². The Morgan fingerprint density at radius 3 is 2.39 bits per heavy atom. The van der Waals surface area contributed by atoms with Gasteiger partial charge in [-0.3, -0.25) is 14.9 Å². The molecule has 28 heavy (non-hydrogen) atoms. The lowest BCUT2D eigenvalue weighted by molar-refractivity contribution is -0.384. The summed E-state index contributed by atoms with van der Waals surface area (Å²) in [5.74, 6) is -0.823. The van der Waals surface area contributed by atoms with Crippen molar-refractivity contribution in [1.82, 2.24) is 4.31 Å². The summed E-state index contributed by atoms with van der Waals surface area (Å²) in [5, 5.41) is 13.8. The molecule has 1 heterocycles. The molecular formula is C18H18ClN3O5S. The van der Waals surface area contributed by atoms with Gasteiger partial charge in [0.05, 0.1) is 15.7 Å². The molecule has 0 radical (unpaired) electrons. The molecule has 10 heteroatoms. The third kappa shape index (κ3) is 4.49. The number of piperidine rings is 1. The van der Waals surface area contributed by atoms with E-state index in [0.29, 0.717) is 30.1 Å². The first-order valence-electron chi connectivity index (χ1n) is 8.58. The highest BCUT2D eigenvalue weighted by Gasteiger charge is 2.33. The first-order chi connectivity index (χ1) is 13.3. The van der Waals surface area contributed by atoms with E-state index < -0.39 is 20.9 Å². The molecule has 148 valence electrons. The highest BCUT2D eigenvalue weighted by atomic mass is 35.5. The monoisotopic (exact) mass is 423 g/mol. The molecule has 2 aromatic rings. The zero-order chi connectivity index (χ0) is 20.3. The molecule has 1 fully saturated rings. The average Bonchev–Trinajstić information content (AvgIpc) is 2.69. The normalized spacial score (nSPS) is 17.8. The highest BCUT2D eigenvalue weighted by molar-refractivity contribution is 7.89. The fourth-order valence-corrected chi connectivity index (χ4v) is 4.69. The molecule has 1 atom stereocenters. The Hall–Kier alpha value is -2.49. The standard InChI is InChI=1S/C18H18ClN3O5S/c19-14-3-9-17(10-4-14)28(26,27)21-11-1-2-13(12-21)18(23)20-15-5-7-16(8-6-15)22(24)25/h3-10,13H,1-2,11-12H2,(H,20,23). The molecule has 0 spiro atoms. The minimum atomic E-state index is -3.71. The Bertz CT molecular complexity index is 977. The number of halogens is 1. The molecule has 1 N–H and O–H groups in total. The number of hydrogen-bond acceptors (Lipinski definition) is 5. The molecule has 2 aromatic carbocycles. The third-order valence-electron chi connectivity index (χ3n) is 4.55. The van der Waals surface area contributed by atoms with Gasteiger partial charge in [-0.05, 0) is 49.2 Å². The van der Waals surface area contributed by atoms with E-state index in [0.717, 1.165) is 0 Å². The zero-order valence-corrected chi connectivity index (χ0v) is 16.3. The number of nitro groups is 1. The summed E-state index contributed by atoms with van der Waals surface area (Å²) in [6.45, 7) is 0.413. The molecule has 1 aliphatic rings. The van der Waals surface area contributed by atoms with Gasteiger partial charge >= 0.3 is 0 Å². The van der Waals surface area contributed by atoms with E-state index >= 15 is 0 Å². The quantitative estimate of drug-likeness (QED) is 0.586. The molecule has 0 bridgehead atoms. The SMILES string of the molecule is O=C(Nc1ccc([N+](=O)[O-])cc1)C1CCCN(S(=O)(=O)c2ccc(Cl)cc2)C1. The molecule has 1 saturated heterocycles. The number of amides is 1. The van der Waals surface area contributed by atoms with Crippen LogP contribution in [0.2, 0.25) is 5.02 Å². The van der Waals surface area contributed by atoms with Crippen LogP contribution in [-0.4, -0.2) is 36.6 Å². The topological polar surface area (TPSA) is 110 Å². The van der Waals surface area contributed by atoms with Gasteiger partial charge in [0.2, 0.25) is 15.9 Å². The van der Waals surface area contributed by atoms with Gasteiger partial charge in [0.15, 0.2) is 0 Å². The van der Waals surface area contributed by atoms with Crippen LogP contribution in [0.4, 0.5) is 11.4 Å². The van der Waals surface area contributed by atoms with E-state index in [1.807, 2.05) is 0 Å². The maximum absolute atomic E-state index is 12.8. The maximum atomic E-state index is 12.8. The molecule has 0 saturated carbocycles. The molecule has 8 nitrogen and oxygen atoms in total. The van der Waals surface area contributed by atoms with Crippen LogP contribution >= 0.6 is 11.6 Å². The van der Waals surface area contributed by atoms with E-state index in [4.69, 9.17) is 11.6 Å². The highest BCUT2D eigenvalue weighted by Crippen LogP contribution is 2.26. The predicted octanol–water partition coefficient (Wildman–Crippen LogP) is 3.29. The fourth-order valence-electron chi connectivity index (χ4n) is 3.04. The van der Waals surface area contributed by atoms with Crippen molar-refractivity contribution in [2.24, 2.45) is 5.92 Å². The summed E-state index contributed by atoms with van der Waals surface area (Å²) >= 11 is 5.82. The van der Waals surface area contributed by atoms with Crippen molar-refractivity contribution in [2.45, 2.75) is 17.7 Å². The van der Waals surface area contributed by atoms with Crippen molar-refractivity contribution in [1.29, 1.82) is 0 Å². The number of non-ortho nitro benzene ring substituents is 1. The van der Waals surface area contributed by atoms with Crippen LogP contribution in [0.25, 0.3) is 0 Å². The number of benzene rings is 2. The minimum Gasteiger partial charge on any atom is -0.326 e. The molecule has 1 amide bonds. The molecule has 1 aliphatic heterocycles. The van der Waals surface area contributed by atoms with Crippen molar-refractivity contribution in [3.05, 3.63) is 63.7 Å². The summed E-state index contributed by atoms with van der Waals surface area (Å²) in [7, 11) is -3.71. The molecule has 0 aliphatic carbocycles. The number of carbonyl (C=O) groups excluding carboxylic acids is 1. The Kier molecular flexibility index (Phi) is 5.97. The first kappa shape index (κ1) is 20.2. The van der Waals surface area contributed by atoms with Gasteiger partial charge in [0.1, 0.15) is 0 Å². The largest absolute Gasteiger partial charge is 0.326 e. The van der Waals surface area contributed by atoms with Crippen LogP contribution in [0.5, 0.6) is 0 Å². The zero-order valence-electron chi connectivity index (χ0n) is 14.7. The summed E-state index contributed by atoms with van der Waals surface area (Å²) in [5.41, 5.74) is 0.351. The van der Waals surface area contributed by atoms with Gasteiger partial charge in [-0.25, -0.2) is 8.42 Å². The molecule has 0 aromatic heterocycles. The van der Waals surface area contributed by atoms with Crippen LogP contribution in [0.15, 0.2) is 53.4 Å². The number of rotatable bonds is 5. The third-order valence-corrected chi connectivity index (χ3v) is 6.68. The van der Waals surface area contributed by atoms with Crippen LogP contribution in [0, 0.1) is 16.0 Å². The lowest BCUT2D eigenvalue weighted by atomic mass is 9.98. The Morgan fingerprint density at radius 1 is 1.14 bits per heavy atom. The van der Waals surface area contributed by atoms with Gasteiger partial charge < -0.3 is 5.32 Å². The van der Waals surface area contributed by atoms with Crippen LogP contribution in [0.3, 0.4) is 0 Å².